The summed E-state index contributed by atoms with van der Waals surface area (Å²) in [5, 5.41) is 4.47. The van der Waals surface area contributed by atoms with E-state index in [1.807, 2.05) is 26.0 Å². The van der Waals surface area contributed by atoms with E-state index in [9.17, 15) is 8.42 Å². The summed E-state index contributed by atoms with van der Waals surface area (Å²) < 4.78 is 29.8. The fourth-order valence-corrected chi connectivity index (χ4v) is 5.82. The fraction of sp³-hybridized carbons (Fsp3) is 0.316. The van der Waals surface area contributed by atoms with Gasteiger partial charge in [0.2, 0.25) is 10.0 Å². The number of sulfonamides is 1. The highest BCUT2D eigenvalue weighted by molar-refractivity contribution is 9.10. The first-order chi connectivity index (χ1) is 13.9. The Morgan fingerprint density at radius 2 is 1.66 bits per heavy atom. The van der Waals surface area contributed by atoms with Crippen molar-refractivity contribution < 1.29 is 8.42 Å². The van der Waals surface area contributed by atoms with Gasteiger partial charge < -0.3 is 4.90 Å². The Morgan fingerprint density at radius 1 is 0.966 bits per heavy atom. The zero-order valence-corrected chi connectivity index (χ0v) is 18.6. The molecule has 1 saturated heterocycles. The van der Waals surface area contributed by atoms with Gasteiger partial charge in [-0.05, 0) is 48.0 Å². The van der Waals surface area contributed by atoms with E-state index in [0.29, 0.717) is 41.4 Å². The number of hydrogen-bond donors (Lipinski definition) is 0. The number of aryl methyl sites for hydroxylation is 2. The predicted molar refractivity (Wildman–Crippen MR) is 114 cm³/mol. The smallest absolute Gasteiger partial charge is 0.244 e. The molecule has 0 spiro atoms. The maximum Gasteiger partial charge on any atom is 0.244 e. The van der Waals surface area contributed by atoms with Gasteiger partial charge in [0.05, 0.1) is 10.6 Å². The molecule has 8 nitrogen and oxygen atoms in total. The first-order valence-corrected chi connectivity index (χ1v) is 11.4. The van der Waals surface area contributed by atoms with Crippen molar-refractivity contribution in [1.82, 2.24) is 24.1 Å². The molecule has 1 fully saturated rings. The van der Waals surface area contributed by atoms with Gasteiger partial charge in [0.15, 0.2) is 5.82 Å². The topological polar surface area (TPSA) is 84.2 Å². The zero-order valence-electron chi connectivity index (χ0n) is 16.2. The van der Waals surface area contributed by atoms with E-state index in [4.69, 9.17) is 0 Å². The van der Waals surface area contributed by atoms with Gasteiger partial charge in [0.1, 0.15) is 12.1 Å². The number of hydrogen-bond acceptors (Lipinski definition) is 6. The Morgan fingerprint density at radius 3 is 2.31 bits per heavy atom. The van der Waals surface area contributed by atoms with Gasteiger partial charge in [-0.15, -0.1) is 0 Å². The molecular weight excluding hydrogens is 456 g/mol. The molecule has 152 valence electrons. The average Bonchev–Trinajstić information content (AvgIpc) is 3.06. The summed E-state index contributed by atoms with van der Waals surface area (Å²) in [6.45, 7) is 5.81. The van der Waals surface area contributed by atoms with Gasteiger partial charge in [-0.3, -0.25) is 0 Å². The van der Waals surface area contributed by atoms with Crippen LogP contribution in [0.4, 0.5) is 5.82 Å². The molecule has 0 bridgehead atoms. The van der Waals surface area contributed by atoms with Gasteiger partial charge >= 0.3 is 0 Å². The third kappa shape index (κ3) is 3.92. The summed E-state index contributed by atoms with van der Waals surface area (Å²) in [4.78, 5) is 11.1. The molecule has 4 rings (SSSR count). The van der Waals surface area contributed by atoms with E-state index >= 15 is 0 Å². The Kier molecular flexibility index (Phi) is 5.41. The van der Waals surface area contributed by atoms with Crippen LogP contribution in [0.2, 0.25) is 0 Å². The third-order valence-corrected chi connectivity index (χ3v) is 7.79. The van der Waals surface area contributed by atoms with Gasteiger partial charge in [-0.25, -0.2) is 23.1 Å². The molecule has 3 aromatic rings. The normalized spacial score (nSPS) is 15.6. The van der Waals surface area contributed by atoms with Crippen molar-refractivity contribution in [2.24, 2.45) is 0 Å². The average molecular weight is 477 g/mol. The monoisotopic (exact) mass is 476 g/mol. The molecule has 0 unspecified atom stereocenters. The lowest BCUT2D eigenvalue weighted by Gasteiger charge is -2.34. The van der Waals surface area contributed by atoms with Crippen molar-refractivity contribution >= 4 is 31.8 Å². The number of benzene rings is 1. The predicted octanol–water partition coefficient (Wildman–Crippen LogP) is 2.55. The number of aromatic nitrogens is 4. The molecule has 1 aliphatic heterocycles. The molecule has 10 heteroatoms. The maximum absolute atomic E-state index is 13.0. The first kappa shape index (κ1) is 20.0. The molecule has 0 aliphatic carbocycles. The lowest BCUT2D eigenvalue weighted by molar-refractivity contribution is 0.383. The summed E-state index contributed by atoms with van der Waals surface area (Å²) in [7, 11) is -3.54. The summed E-state index contributed by atoms with van der Waals surface area (Å²) in [6, 6.07) is 10.8. The van der Waals surface area contributed by atoms with Crippen LogP contribution in [0.25, 0.3) is 5.82 Å². The quantitative estimate of drug-likeness (QED) is 0.575. The lowest BCUT2D eigenvalue weighted by atomic mass is 10.3. The molecule has 0 atom stereocenters. The molecule has 0 radical (unpaired) electrons. The largest absolute Gasteiger partial charge is 0.354 e. The van der Waals surface area contributed by atoms with E-state index in [-0.39, 0.29) is 0 Å². The fourth-order valence-electron chi connectivity index (χ4n) is 3.44. The van der Waals surface area contributed by atoms with E-state index in [0.717, 1.165) is 17.2 Å². The van der Waals surface area contributed by atoms with Crippen LogP contribution in [0.3, 0.4) is 0 Å². The molecule has 1 aromatic carbocycles. The highest BCUT2D eigenvalue weighted by Gasteiger charge is 2.30. The lowest BCUT2D eigenvalue weighted by Crippen LogP contribution is -2.49. The minimum Gasteiger partial charge on any atom is -0.354 e. The number of rotatable bonds is 4. The van der Waals surface area contributed by atoms with Gasteiger partial charge in [0.25, 0.3) is 0 Å². The number of piperazine rings is 1. The van der Waals surface area contributed by atoms with Gasteiger partial charge in [0, 0.05) is 42.4 Å². The van der Waals surface area contributed by atoms with Crippen LogP contribution >= 0.6 is 15.9 Å². The standard InChI is InChI=1S/C19H21BrN6O2S/c1-14-11-15(2)26(23-14)19-12-18(21-13-22-19)24-7-9-25(10-8-24)29(27,28)17-6-4-3-5-16(17)20/h3-6,11-13H,7-10H2,1-2H3. The van der Waals surface area contributed by atoms with Crippen LogP contribution in [-0.4, -0.2) is 58.7 Å². The second-order valence-electron chi connectivity index (χ2n) is 6.89. The van der Waals surface area contributed by atoms with Crippen molar-refractivity contribution in [3.8, 4) is 5.82 Å². The minimum atomic E-state index is -3.54. The van der Waals surface area contributed by atoms with E-state index in [1.54, 1.807) is 28.9 Å². The Hall–Kier alpha value is -2.30. The second-order valence-corrected chi connectivity index (χ2v) is 9.66. The molecule has 0 saturated carbocycles. The van der Waals surface area contributed by atoms with E-state index in [2.05, 4.69) is 35.9 Å². The van der Waals surface area contributed by atoms with Crippen molar-refractivity contribution in [2.75, 3.05) is 31.1 Å². The van der Waals surface area contributed by atoms with Crippen LogP contribution in [-0.2, 0) is 10.0 Å². The highest BCUT2D eigenvalue weighted by Crippen LogP contribution is 2.26. The highest BCUT2D eigenvalue weighted by atomic mass is 79.9. The zero-order chi connectivity index (χ0) is 20.6. The van der Waals surface area contributed by atoms with E-state index < -0.39 is 10.0 Å². The van der Waals surface area contributed by atoms with Crippen molar-refractivity contribution in [3.05, 3.63) is 58.6 Å². The summed E-state index contributed by atoms with van der Waals surface area (Å²) >= 11 is 3.34. The number of nitrogens with zero attached hydrogens (tertiary/aromatic N) is 6. The number of halogens is 1. The van der Waals surface area contributed by atoms with Crippen molar-refractivity contribution in [2.45, 2.75) is 18.7 Å². The summed E-state index contributed by atoms with van der Waals surface area (Å²) in [5.41, 5.74) is 1.92. The SMILES string of the molecule is Cc1cc(C)n(-c2cc(N3CCN(S(=O)(=O)c4ccccc4Br)CC3)ncn2)n1. The molecule has 1 aliphatic rings. The second kappa shape index (κ2) is 7.85. The maximum atomic E-state index is 13.0. The molecule has 3 heterocycles. The van der Waals surface area contributed by atoms with Crippen molar-refractivity contribution in [3.63, 3.8) is 0 Å². The Bertz CT molecular complexity index is 1140. The van der Waals surface area contributed by atoms with Gasteiger partial charge in [-0.2, -0.15) is 9.40 Å². The summed E-state index contributed by atoms with van der Waals surface area (Å²) in [6.07, 6.45) is 1.52. The van der Waals surface area contributed by atoms with Crippen LogP contribution in [0.5, 0.6) is 0 Å². The van der Waals surface area contributed by atoms with Crippen molar-refractivity contribution in [1.29, 1.82) is 0 Å². The van der Waals surface area contributed by atoms with Crippen LogP contribution in [0.1, 0.15) is 11.4 Å². The molecule has 0 amide bonds. The third-order valence-electron chi connectivity index (χ3n) is 4.88. The van der Waals surface area contributed by atoms with Crippen LogP contribution in [0.15, 0.2) is 52.1 Å². The van der Waals surface area contributed by atoms with E-state index in [1.165, 1.54) is 10.6 Å². The molecule has 29 heavy (non-hydrogen) atoms. The van der Waals surface area contributed by atoms with Gasteiger partial charge in [-0.1, -0.05) is 12.1 Å². The van der Waals surface area contributed by atoms with Crippen LogP contribution < -0.4 is 4.90 Å². The Labute approximate surface area is 178 Å². The molecular formula is C19H21BrN6O2S. The Balaban J connectivity index is 1.51. The number of anilines is 1. The first-order valence-electron chi connectivity index (χ1n) is 9.21. The summed E-state index contributed by atoms with van der Waals surface area (Å²) in [5.74, 6) is 1.46. The minimum absolute atomic E-state index is 0.294. The van der Waals surface area contributed by atoms with Crippen LogP contribution in [0, 0.1) is 13.8 Å². The molecule has 2 aromatic heterocycles. The molecule has 0 N–H and O–H groups in total.